The number of benzene rings is 1. The smallest absolute Gasteiger partial charge is 0.269 e. The molecule has 0 fully saturated rings. The number of unbranched alkanes of at least 4 members (excludes halogenated alkanes) is 2. The van der Waals surface area contributed by atoms with Gasteiger partial charge in [-0.1, -0.05) is 58.2 Å². The molecule has 1 heterocycles. The van der Waals surface area contributed by atoms with Crippen LogP contribution in [0.25, 0.3) is 6.08 Å². The van der Waals surface area contributed by atoms with Crippen LogP contribution in [0.2, 0.25) is 5.02 Å². The third-order valence-electron chi connectivity index (χ3n) is 4.96. The summed E-state index contributed by atoms with van der Waals surface area (Å²) in [4.78, 5) is 12.2. The predicted octanol–water partition coefficient (Wildman–Crippen LogP) is 5.55. The summed E-state index contributed by atoms with van der Waals surface area (Å²) in [5.41, 5.74) is 0.370. The lowest BCUT2D eigenvalue weighted by molar-refractivity contribution is -0.137. The van der Waals surface area contributed by atoms with Gasteiger partial charge in [0.2, 0.25) is 10.0 Å². The Bertz CT molecular complexity index is 1150. The van der Waals surface area contributed by atoms with Gasteiger partial charge in [-0.15, -0.1) is 0 Å². The first-order valence-electron chi connectivity index (χ1n) is 10.8. The van der Waals surface area contributed by atoms with Crippen molar-refractivity contribution < 1.29 is 26.4 Å². The van der Waals surface area contributed by atoms with Crippen LogP contribution in [0.3, 0.4) is 0 Å². The summed E-state index contributed by atoms with van der Waals surface area (Å²) in [6.07, 6.45) is 0.0469. The highest BCUT2D eigenvalue weighted by molar-refractivity contribution is 7.90. The summed E-state index contributed by atoms with van der Waals surface area (Å²) in [6.45, 7) is 7.82. The Balaban J connectivity index is 2.28. The van der Waals surface area contributed by atoms with E-state index < -0.39 is 27.7 Å². The number of aromatic nitrogens is 2. The van der Waals surface area contributed by atoms with E-state index in [9.17, 15) is 26.4 Å². The van der Waals surface area contributed by atoms with Gasteiger partial charge in [-0.3, -0.25) is 9.48 Å². The SMILES string of the molecule is CCCCCS(=O)(=O)NC(=O)C=Cc1cc(C(C)(C)C)nn1Cc1ccc(C(F)(F)F)cc1Cl. The number of carbonyl (C=O) groups is 1. The van der Waals surface area contributed by atoms with Crippen molar-refractivity contribution in [3.8, 4) is 0 Å². The molecule has 0 aliphatic carbocycles. The number of hydrogen-bond acceptors (Lipinski definition) is 4. The average molecular weight is 520 g/mol. The van der Waals surface area contributed by atoms with Crippen LogP contribution in [0.4, 0.5) is 13.2 Å². The molecule has 0 unspecified atom stereocenters. The lowest BCUT2D eigenvalue weighted by Crippen LogP contribution is -2.31. The standard InChI is InChI=1S/C23H29ClF3N3O3S/c1-5-6-7-12-34(32,33)29-21(31)11-10-18-14-20(22(2,3)4)28-30(18)15-16-8-9-17(13-19(16)24)23(25,26)27/h8-11,13-14H,5-7,12,15H2,1-4H3,(H,29,31). The topological polar surface area (TPSA) is 81.1 Å². The molecule has 0 bridgehead atoms. The van der Waals surface area contributed by atoms with Gasteiger partial charge in [0.1, 0.15) is 0 Å². The maximum Gasteiger partial charge on any atom is 0.416 e. The number of amides is 1. The van der Waals surface area contributed by atoms with Gasteiger partial charge in [-0.2, -0.15) is 18.3 Å². The monoisotopic (exact) mass is 519 g/mol. The Morgan fingerprint density at radius 3 is 2.41 bits per heavy atom. The van der Waals surface area contributed by atoms with Crippen molar-refractivity contribution in [2.45, 2.75) is 65.1 Å². The molecule has 1 N–H and O–H groups in total. The van der Waals surface area contributed by atoms with Crippen molar-refractivity contribution in [2.24, 2.45) is 0 Å². The highest BCUT2D eigenvalue weighted by atomic mass is 35.5. The second-order valence-electron chi connectivity index (χ2n) is 8.99. The summed E-state index contributed by atoms with van der Waals surface area (Å²) in [5.74, 6) is -0.937. The Morgan fingerprint density at radius 1 is 1.18 bits per heavy atom. The van der Waals surface area contributed by atoms with Crippen LogP contribution in [-0.4, -0.2) is 29.9 Å². The number of sulfonamides is 1. The maximum atomic E-state index is 12.9. The fraction of sp³-hybridized carbons (Fsp3) is 0.478. The molecule has 0 aliphatic heterocycles. The van der Waals surface area contributed by atoms with E-state index in [4.69, 9.17) is 11.6 Å². The quantitative estimate of drug-likeness (QED) is 0.348. The van der Waals surface area contributed by atoms with Crippen molar-refractivity contribution in [2.75, 3.05) is 5.75 Å². The molecular weight excluding hydrogens is 491 g/mol. The lowest BCUT2D eigenvalue weighted by Gasteiger charge is -2.14. The first kappa shape index (κ1) is 27.9. The zero-order valence-corrected chi connectivity index (χ0v) is 21.1. The van der Waals surface area contributed by atoms with Gasteiger partial charge in [0, 0.05) is 16.5 Å². The molecule has 0 atom stereocenters. The molecule has 11 heteroatoms. The molecule has 0 saturated carbocycles. The molecule has 2 aromatic rings. The van der Waals surface area contributed by atoms with E-state index in [1.165, 1.54) is 16.8 Å². The molecule has 1 aromatic heterocycles. The fourth-order valence-corrected chi connectivity index (χ4v) is 4.31. The van der Waals surface area contributed by atoms with Crippen molar-refractivity contribution in [1.29, 1.82) is 0 Å². The molecule has 6 nitrogen and oxygen atoms in total. The Hall–Kier alpha value is -2.33. The van der Waals surface area contributed by atoms with Crippen LogP contribution in [0.5, 0.6) is 0 Å². The van der Waals surface area contributed by atoms with Crippen LogP contribution in [0, 0.1) is 0 Å². The fourth-order valence-electron chi connectivity index (χ4n) is 3.01. The molecule has 0 spiro atoms. The van der Waals surface area contributed by atoms with Crippen LogP contribution in [-0.2, 0) is 33.0 Å². The van der Waals surface area contributed by atoms with E-state index in [0.717, 1.165) is 31.1 Å². The molecule has 1 amide bonds. The normalized spacial score (nSPS) is 12.9. The lowest BCUT2D eigenvalue weighted by atomic mass is 9.92. The summed E-state index contributed by atoms with van der Waals surface area (Å²) >= 11 is 6.10. The van der Waals surface area contributed by atoms with Gasteiger partial charge in [-0.25, -0.2) is 13.1 Å². The summed E-state index contributed by atoms with van der Waals surface area (Å²) in [7, 11) is -3.74. The van der Waals surface area contributed by atoms with Gasteiger partial charge < -0.3 is 0 Å². The van der Waals surface area contributed by atoms with E-state index in [-0.39, 0.29) is 22.7 Å². The number of nitrogens with zero attached hydrogens (tertiary/aromatic N) is 2. The minimum atomic E-state index is -4.51. The highest BCUT2D eigenvalue weighted by Gasteiger charge is 2.31. The Morgan fingerprint density at radius 2 is 1.85 bits per heavy atom. The van der Waals surface area contributed by atoms with E-state index in [1.807, 2.05) is 32.4 Å². The minimum absolute atomic E-state index is 0.0592. The van der Waals surface area contributed by atoms with Crippen LogP contribution < -0.4 is 4.72 Å². The van der Waals surface area contributed by atoms with Crippen molar-refractivity contribution >= 4 is 33.6 Å². The number of alkyl halides is 3. The second kappa shape index (κ2) is 10.9. The van der Waals surface area contributed by atoms with E-state index >= 15 is 0 Å². The zero-order valence-electron chi connectivity index (χ0n) is 19.5. The number of halogens is 4. The molecule has 0 saturated heterocycles. The predicted molar refractivity (Wildman–Crippen MR) is 127 cm³/mol. The van der Waals surface area contributed by atoms with Gasteiger partial charge >= 0.3 is 6.18 Å². The first-order valence-corrected chi connectivity index (χ1v) is 12.8. The summed E-state index contributed by atoms with van der Waals surface area (Å²) < 4.78 is 66.4. The first-order chi connectivity index (χ1) is 15.6. The van der Waals surface area contributed by atoms with Gasteiger partial charge in [0.15, 0.2) is 0 Å². The van der Waals surface area contributed by atoms with Gasteiger partial charge in [0.05, 0.1) is 29.2 Å². The number of hydrogen-bond donors (Lipinski definition) is 1. The largest absolute Gasteiger partial charge is 0.416 e. The minimum Gasteiger partial charge on any atom is -0.269 e. The average Bonchev–Trinajstić information content (AvgIpc) is 3.10. The van der Waals surface area contributed by atoms with E-state index in [1.54, 1.807) is 6.07 Å². The van der Waals surface area contributed by atoms with Crippen LogP contribution >= 0.6 is 11.6 Å². The van der Waals surface area contributed by atoms with E-state index in [0.29, 0.717) is 23.4 Å². The van der Waals surface area contributed by atoms with Crippen LogP contribution in [0.15, 0.2) is 30.3 Å². The number of rotatable bonds is 9. The molecule has 0 radical (unpaired) electrons. The zero-order chi connectivity index (χ0) is 25.7. The van der Waals surface area contributed by atoms with Crippen molar-refractivity contribution in [3.63, 3.8) is 0 Å². The third-order valence-corrected chi connectivity index (χ3v) is 6.65. The third kappa shape index (κ3) is 8.16. The summed E-state index contributed by atoms with van der Waals surface area (Å²) in [5, 5.41) is 4.46. The number of carbonyl (C=O) groups excluding carboxylic acids is 1. The molecule has 2 rings (SSSR count). The molecular formula is C23H29ClF3N3O3S. The Kier molecular flexibility index (Phi) is 8.98. The second-order valence-corrected chi connectivity index (χ2v) is 11.2. The van der Waals surface area contributed by atoms with Gasteiger partial charge in [0.25, 0.3) is 5.91 Å². The van der Waals surface area contributed by atoms with Crippen molar-refractivity contribution in [1.82, 2.24) is 14.5 Å². The Labute approximate surface area is 203 Å². The molecule has 34 heavy (non-hydrogen) atoms. The summed E-state index contributed by atoms with van der Waals surface area (Å²) in [6, 6.07) is 4.82. The van der Waals surface area contributed by atoms with E-state index in [2.05, 4.69) is 5.10 Å². The molecule has 188 valence electrons. The van der Waals surface area contributed by atoms with Crippen molar-refractivity contribution in [3.05, 3.63) is 57.9 Å². The maximum absolute atomic E-state index is 12.9. The highest BCUT2D eigenvalue weighted by Crippen LogP contribution is 2.32. The van der Waals surface area contributed by atoms with Crippen LogP contribution in [0.1, 0.15) is 69.5 Å². The van der Waals surface area contributed by atoms with Gasteiger partial charge in [-0.05, 0) is 36.3 Å². The molecule has 0 aliphatic rings. The number of nitrogens with one attached hydrogen (secondary N) is 1. The molecule has 1 aromatic carbocycles.